The van der Waals surface area contributed by atoms with Gasteiger partial charge in [0.15, 0.2) is 6.29 Å². The van der Waals surface area contributed by atoms with Crippen molar-refractivity contribution < 1.29 is 18.9 Å². The molecule has 0 saturated carbocycles. The fourth-order valence-electron chi connectivity index (χ4n) is 3.19. The number of ether oxygens (including phenoxy) is 4. The average Bonchev–Trinajstić information content (AvgIpc) is 3.16. The van der Waals surface area contributed by atoms with Gasteiger partial charge in [0, 0.05) is 25.5 Å². The van der Waals surface area contributed by atoms with E-state index in [0.29, 0.717) is 28.4 Å². The normalized spacial score (nSPS) is 11.7. The minimum atomic E-state index is -0.484. The molecule has 0 saturated heterocycles. The molecule has 0 amide bonds. The van der Waals surface area contributed by atoms with E-state index < -0.39 is 6.29 Å². The van der Waals surface area contributed by atoms with Gasteiger partial charge in [0.05, 0.1) is 37.7 Å². The van der Waals surface area contributed by atoms with E-state index >= 15 is 0 Å². The van der Waals surface area contributed by atoms with E-state index in [1.54, 1.807) is 47.5 Å². The zero-order valence-electron chi connectivity index (χ0n) is 18.3. The summed E-state index contributed by atoms with van der Waals surface area (Å²) in [5.74, 6) is 1.44. The van der Waals surface area contributed by atoms with Crippen LogP contribution < -0.4 is 15.0 Å². The van der Waals surface area contributed by atoms with E-state index in [1.807, 2.05) is 36.4 Å². The predicted molar refractivity (Wildman–Crippen MR) is 120 cm³/mol. The van der Waals surface area contributed by atoms with E-state index in [2.05, 4.69) is 10.1 Å². The number of aromatic amines is 1. The van der Waals surface area contributed by atoms with Crippen LogP contribution in [0.2, 0.25) is 0 Å². The Hall–Kier alpha value is -3.36. The third-order valence-corrected chi connectivity index (χ3v) is 4.96. The molecule has 0 radical (unpaired) electrons. The summed E-state index contributed by atoms with van der Waals surface area (Å²) in [6, 6.07) is 14.7. The first-order valence-electron chi connectivity index (χ1n) is 9.73. The highest BCUT2D eigenvalue weighted by Gasteiger charge is 2.20. The van der Waals surface area contributed by atoms with Crippen LogP contribution >= 0.6 is 0 Å². The highest BCUT2D eigenvalue weighted by Crippen LogP contribution is 2.24. The zero-order chi connectivity index (χ0) is 22.4. The average molecular weight is 425 g/mol. The van der Waals surface area contributed by atoms with Crippen LogP contribution in [-0.4, -0.2) is 56.8 Å². The molecule has 0 atom stereocenters. The van der Waals surface area contributed by atoms with Crippen LogP contribution in [0.4, 0.5) is 0 Å². The summed E-state index contributed by atoms with van der Waals surface area (Å²) in [5, 5.41) is 3.23. The van der Waals surface area contributed by atoms with E-state index in [9.17, 15) is 4.79 Å². The quantitative estimate of drug-likeness (QED) is 0.420. The molecule has 0 aliphatic rings. The molecule has 0 fully saturated rings. The number of hydrogen-bond donors (Lipinski definition) is 1. The molecule has 1 heterocycles. The Kier molecular flexibility index (Phi) is 7.28. The molecule has 31 heavy (non-hydrogen) atoms. The van der Waals surface area contributed by atoms with Crippen LogP contribution in [0.5, 0.6) is 11.5 Å². The van der Waals surface area contributed by atoms with E-state index in [0.717, 1.165) is 11.3 Å². The summed E-state index contributed by atoms with van der Waals surface area (Å²) >= 11 is 0. The highest BCUT2D eigenvalue weighted by atomic mass is 16.7. The lowest BCUT2D eigenvalue weighted by Crippen LogP contribution is -2.21. The van der Waals surface area contributed by atoms with Crippen molar-refractivity contribution in [2.24, 2.45) is 4.99 Å². The second-order valence-electron chi connectivity index (χ2n) is 6.76. The molecular weight excluding hydrogens is 398 g/mol. The molecule has 0 spiro atoms. The Morgan fingerprint density at radius 2 is 1.48 bits per heavy atom. The van der Waals surface area contributed by atoms with Gasteiger partial charge in [0.2, 0.25) is 0 Å². The lowest BCUT2D eigenvalue weighted by Gasteiger charge is -2.10. The van der Waals surface area contributed by atoms with Crippen molar-refractivity contribution in [3.05, 3.63) is 64.4 Å². The summed E-state index contributed by atoms with van der Waals surface area (Å²) in [5.41, 5.74) is 3.04. The maximum Gasteiger partial charge on any atom is 0.280 e. The zero-order valence-corrected chi connectivity index (χ0v) is 18.3. The van der Waals surface area contributed by atoms with Crippen molar-refractivity contribution >= 4 is 5.71 Å². The number of aliphatic imine (C=N–C) groups is 1. The molecule has 2 aromatic carbocycles. The third-order valence-electron chi connectivity index (χ3n) is 4.96. The number of rotatable bonds is 9. The first kappa shape index (κ1) is 22.3. The Balaban J connectivity index is 2.12. The monoisotopic (exact) mass is 425 g/mol. The topological polar surface area (TPSA) is 87.1 Å². The van der Waals surface area contributed by atoms with Crippen LogP contribution in [0.3, 0.4) is 0 Å². The van der Waals surface area contributed by atoms with Crippen molar-refractivity contribution in [2.45, 2.75) is 13.2 Å². The van der Waals surface area contributed by atoms with Gasteiger partial charge < -0.3 is 18.9 Å². The lowest BCUT2D eigenvalue weighted by atomic mass is 10.1. The van der Waals surface area contributed by atoms with Gasteiger partial charge in [-0.3, -0.25) is 14.9 Å². The first-order valence-corrected chi connectivity index (χ1v) is 9.73. The third kappa shape index (κ3) is 4.87. The molecule has 1 N–H and O–H groups in total. The fourth-order valence-corrected chi connectivity index (χ4v) is 3.19. The molecule has 0 bridgehead atoms. The molecule has 8 heteroatoms. The number of nitrogens with zero attached hydrogens (tertiary/aromatic N) is 2. The fraction of sp³-hybridized carbons (Fsp3) is 0.304. The van der Waals surface area contributed by atoms with E-state index in [-0.39, 0.29) is 12.1 Å². The van der Waals surface area contributed by atoms with Crippen LogP contribution in [0.15, 0.2) is 58.3 Å². The summed E-state index contributed by atoms with van der Waals surface area (Å²) in [4.78, 5) is 17.9. The number of H-pyrrole nitrogens is 1. The van der Waals surface area contributed by atoms with Crippen molar-refractivity contribution in [2.75, 3.05) is 35.0 Å². The Morgan fingerprint density at radius 1 is 0.935 bits per heavy atom. The summed E-state index contributed by atoms with van der Waals surface area (Å²) in [7, 11) is 6.31. The number of methoxy groups -OCH3 is 4. The van der Waals surface area contributed by atoms with Gasteiger partial charge in [0.25, 0.3) is 5.56 Å². The van der Waals surface area contributed by atoms with E-state index in [4.69, 9.17) is 18.9 Å². The molecule has 1 aromatic heterocycles. The first-order chi connectivity index (χ1) is 15.0. The van der Waals surface area contributed by atoms with Gasteiger partial charge in [-0.05, 0) is 55.5 Å². The Labute approximate surface area is 181 Å². The smallest absolute Gasteiger partial charge is 0.280 e. The molecule has 3 aromatic rings. The second kappa shape index (κ2) is 10.1. The van der Waals surface area contributed by atoms with Crippen molar-refractivity contribution in [3.8, 4) is 28.4 Å². The summed E-state index contributed by atoms with van der Waals surface area (Å²) < 4.78 is 22.4. The Morgan fingerprint density at radius 3 is 2.00 bits per heavy atom. The van der Waals surface area contributed by atoms with Crippen LogP contribution in [0.25, 0.3) is 16.9 Å². The summed E-state index contributed by atoms with van der Waals surface area (Å²) in [6.07, 6.45) is -0.484. The summed E-state index contributed by atoms with van der Waals surface area (Å²) in [6.45, 7) is 2.08. The molecule has 8 nitrogen and oxygen atoms in total. The lowest BCUT2D eigenvalue weighted by molar-refractivity contribution is -0.0936. The molecule has 0 unspecified atom stereocenters. The number of nitrogens with one attached hydrogen (secondary N) is 1. The van der Waals surface area contributed by atoms with Crippen molar-refractivity contribution in [3.63, 3.8) is 0 Å². The largest absolute Gasteiger partial charge is 0.497 e. The highest BCUT2D eigenvalue weighted by molar-refractivity contribution is 6.03. The van der Waals surface area contributed by atoms with Crippen molar-refractivity contribution in [1.82, 2.24) is 9.78 Å². The standard InChI is InChI=1S/C23H27N3O5/c1-15(24-14-20(30-4)31-5)21-22(16-6-10-18(28-2)11-7-16)25-26(23(21)27)17-8-12-19(29-3)13-9-17/h6-13,20,25H,14H2,1-5H3. The molecule has 164 valence electrons. The number of benzene rings is 2. The molecule has 3 rings (SSSR count). The second-order valence-corrected chi connectivity index (χ2v) is 6.76. The maximum absolute atomic E-state index is 13.4. The molecular formula is C23H27N3O5. The minimum Gasteiger partial charge on any atom is -0.497 e. The molecule has 0 aliphatic carbocycles. The van der Waals surface area contributed by atoms with Gasteiger partial charge in [-0.1, -0.05) is 0 Å². The number of hydrogen-bond acceptors (Lipinski definition) is 6. The molecule has 0 aliphatic heterocycles. The number of aromatic nitrogens is 2. The van der Waals surface area contributed by atoms with Crippen molar-refractivity contribution in [1.29, 1.82) is 0 Å². The van der Waals surface area contributed by atoms with Crippen LogP contribution in [0, 0.1) is 0 Å². The van der Waals surface area contributed by atoms with Gasteiger partial charge in [-0.2, -0.15) is 0 Å². The van der Waals surface area contributed by atoms with Gasteiger partial charge in [-0.15, -0.1) is 0 Å². The van der Waals surface area contributed by atoms with Crippen LogP contribution in [0.1, 0.15) is 12.5 Å². The van der Waals surface area contributed by atoms with Gasteiger partial charge in [-0.25, -0.2) is 4.68 Å². The van der Waals surface area contributed by atoms with Gasteiger partial charge >= 0.3 is 0 Å². The minimum absolute atomic E-state index is 0.205. The maximum atomic E-state index is 13.4. The SMILES string of the molecule is COc1ccc(-c2[nH]n(-c3ccc(OC)cc3)c(=O)c2C(C)=NCC(OC)OC)cc1. The Bertz CT molecular complexity index is 1080. The van der Waals surface area contributed by atoms with Crippen LogP contribution in [-0.2, 0) is 9.47 Å². The van der Waals surface area contributed by atoms with E-state index in [1.165, 1.54) is 4.68 Å². The van der Waals surface area contributed by atoms with Gasteiger partial charge in [0.1, 0.15) is 11.5 Å². The predicted octanol–water partition coefficient (Wildman–Crippen LogP) is 3.28.